The third-order valence-electron chi connectivity index (χ3n) is 12.2. The molecule has 20 heteroatoms. The van der Waals surface area contributed by atoms with E-state index in [0.29, 0.717) is 75.7 Å². The molecule has 72 heavy (non-hydrogen) atoms. The maximum atomic E-state index is 14.0. The number of aliphatic hydroxyl groups is 1. The smallest absolute Gasteiger partial charge is 0.322 e. The monoisotopic (exact) mass is 1010 g/mol. The summed E-state index contributed by atoms with van der Waals surface area (Å²) < 4.78 is 13.3. The molecule has 0 aliphatic carbocycles. The van der Waals surface area contributed by atoms with Crippen molar-refractivity contribution in [1.29, 1.82) is 0 Å². The Morgan fingerprint density at radius 3 is 2.35 bits per heavy atom. The number of amides is 6. The molecule has 1 aliphatic rings. The highest BCUT2D eigenvalue weighted by Gasteiger charge is 2.44. The number of aryl methyl sites for hydroxylation is 2. The highest BCUT2D eigenvalue weighted by Crippen LogP contribution is 2.29. The maximum Gasteiger partial charge on any atom is 0.322 e. The average molecular weight is 1010 g/mol. The van der Waals surface area contributed by atoms with Crippen LogP contribution < -0.4 is 26.2 Å². The summed E-state index contributed by atoms with van der Waals surface area (Å²) in [4.78, 5) is 74.1. The second-order valence-electron chi connectivity index (χ2n) is 19.0. The Morgan fingerprint density at radius 1 is 0.931 bits per heavy atom. The van der Waals surface area contributed by atoms with Crippen LogP contribution in [0.25, 0.3) is 10.4 Å². The molecule has 0 radical (unpaired) electrons. The van der Waals surface area contributed by atoms with Gasteiger partial charge in [0, 0.05) is 56.5 Å². The third-order valence-corrected chi connectivity index (χ3v) is 13.2. The average Bonchev–Trinajstić information content (AvgIpc) is 4.13. The van der Waals surface area contributed by atoms with Crippen molar-refractivity contribution >= 4 is 46.7 Å². The van der Waals surface area contributed by atoms with E-state index in [1.54, 1.807) is 74.9 Å². The van der Waals surface area contributed by atoms with E-state index in [1.807, 2.05) is 63.7 Å². The molecule has 386 valence electrons. The molecular formula is C52H68N10O9S. The number of hydroxylamine groups is 1. The predicted molar refractivity (Wildman–Crippen MR) is 272 cm³/mol. The van der Waals surface area contributed by atoms with Crippen LogP contribution in [0.3, 0.4) is 0 Å². The highest BCUT2D eigenvalue weighted by molar-refractivity contribution is 7.13. The van der Waals surface area contributed by atoms with Gasteiger partial charge in [0.15, 0.2) is 0 Å². The number of carbonyl (C=O) groups excluding carboxylic acids is 5. The number of ether oxygens (including phenoxy) is 2. The fourth-order valence-electron chi connectivity index (χ4n) is 8.13. The largest absolute Gasteiger partial charge is 0.491 e. The second kappa shape index (κ2) is 26.6. The van der Waals surface area contributed by atoms with Gasteiger partial charge < -0.3 is 40.3 Å². The number of benzene rings is 3. The van der Waals surface area contributed by atoms with Crippen LogP contribution in [0, 0.1) is 12.3 Å². The number of β-amino-alcohol motifs (C(OH)–C–C–N with tert-alkyl or cyclic N) is 1. The molecule has 0 spiro atoms. The van der Waals surface area contributed by atoms with E-state index in [4.69, 9.17) is 14.7 Å². The number of rotatable bonds is 25. The minimum atomic E-state index is -0.904. The van der Waals surface area contributed by atoms with Gasteiger partial charge in [-0.3, -0.25) is 24.4 Å². The summed E-state index contributed by atoms with van der Waals surface area (Å²) in [6.07, 6.45) is 4.91. The van der Waals surface area contributed by atoms with Gasteiger partial charge in [0.2, 0.25) is 17.7 Å². The summed E-state index contributed by atoms with van der Waals surface area (Å²) in [5, 5.41) is 36.8. The van der Waals surface area contributed by atoms with Gasteiger partial charge in [0.25, 0.3) is 5.91 Å². The van der Waals surface area contributed by atoms with Gasteiger partial charge in [-0.1, -0.05) is 75.7 Å². The van der Waals surface area contributed by atoms with Crippen LogP contribution in [0.1, 0.15) is 99.1 Å². The molecule has 19 nitrogen and oxygen atoms in total. The molecule has 3 aromatic carbocycles. The third kappa shape index (κ3) is 16.1. The highest BCUT2D eigenvalue weighted by atomic mass is 32.1. The molecular weight excluding hydrogens is 941 g/mol. The maximum absolute atomic E-state index is 14.0. The lowest BCUT2D eigenvalue weighted by Gasteiger charge is -2.35. The van der Waals surface area contributed by atoms with E-state index in [0.717, 1.165) is 45.8 Å². The van der Waals surface area contributed by atoms with E-state index >= 15 is 0 Å². The van der Waals surface area contributed by atoms with E-state index in [2.05, 4.69) is 38.2 Å². The Hall–Kier alpha value is -6.74. The zero-order chi connectivity index (χ0) is 51.6. The molecule has 0 unspecified atom stereocenters. The van der Waals surface area contributed by atoms with Crippen LogP contribution in [0.2, 0.25) is 0 Å². The van der Waals surface area contributed by atoms with Crippen LogP contribution in [-0.2, 0) is 45.2 Å². The van der Waals surface area contributed by atoms with E-state index < -0.39 is 35.4 Å². The Balaban J connectivity index is 0.854. The van der Waals surface area contributed by atoms with Crippen LogP contribution in [0.5, 0.6) is 5.75 Å². The molecule has 1 saturated heterocycles. The standard InChI is InChI=1S/C52H68N10O9S/c1-6-7-24-60(31-37-14-18-39(19-15-37)48(65)58-69)51(68)55-40-20-22-43(23-21-40)71-28-27-70-26-25-61-32-41(57-59-61)10-8-9-11-45(64)56-47(52(3,4)5)50(67)62-33-42(63)29-44(62)49(66)53-30-36-12-16-38(17-13-36)46-35(2)54-34-72-46/h12-23,32,34,42,44,47,63,69H,6-11,24-31,33H2,1-5H3,(H,53,66)(H,55,68)(H,56,64)(H,58,65)/t42-,44+,47-/m1/s1. The summed E-state index contributed by atoms with van der Waals surface area (Å²) in [5.41, 5.74) is 8.25. The number of hydrogen-bond donors (Lipinski definition) is 6. The first kappa shape index (κ1) is 54.6. The summed E-state index contributed by atoms with van der Waals surface area (Å²) in [5.74, 6) is -1.00. The predicted octanol–water partition coefficient (Wildman–Crippen LogP) is 6.28. The number of urea groups is 1. The lowest BCUT2D eigenvalue weighted by molar-refractivity contribution is -0.144. The number of anilines is 1. The molecule has 0 saturated carbocycles. The topological polar surface area (TPSA) is 242 Å². The molecule has 6 amide bonds. The molecule has 3 atom stereocenters. The molecule has 6 rings (SSSR count). The van der Waals surface area contributed by atoms with Crippen molar-refractivity contribution < 1.29 is 43.8 Å². The lowest BCUT2D eigenvalue weighted by Crippen LogP contribution is -2.57. The summed E-state index contributed by atoms with van der Waals surface area (Å²) in [6.45, 7) is 12.3. The Labute approximate surface area is 424 Å². The number of aliphatic hydroxyl groups excluding tert-OH is 1. The van der Waals surface area contributed by atoms with Crippen molar-refractivity contribution in [3.05, 3.63) is 113 Å². The van der Waals surface area contributed by atoms with Crippen molar-refractivity contribution in [3.63, 3.8) is 0 Å². The first-order chi connectivity index (χ1) is 34.6. The normalized spacial score (nSPS) is 14.9. The fraction of sp³-hybridized carbons (Fsp3) is 0.462. The molecule has 0 bridgehead atoms. The van der Waals surface area contributed by atoms with Crippen LogP contribution in [0.15, 0.2) is 84.5 Å². The van der Waals surface area contributed by atoms with Gasteiger partial charge in [-0.15, -0.1) is 16.4 Å². The molecule has 5 aromatic rings. The van der Waals surface area contributed by atoms with Crippen molar-refractivity contribution in [1.82, 2.24) is 45.9 Å². The van der Waals surface area contributed by atoms with Gasteiger partial charge in [-0.25, -0.2) is 19.9 Å². The van der Waals surface area contributed by atoms with Gasteiger partial charge in [-0.05, 0) is 91.1 Å². The van der Waals surface area contributed by atoms with Crippen LogP contribution in [0.4, 0.5) is 10.5 Å². The number of likely N-dealkylation sites (tertiary alicyclic amines) is 1. The number of hydrogen-bond acceptors (Lipinski definition) is 13. The minimum Gasteiger partial charge on any atom is -0.491 e. The number of thiazole rings is 1. The summed E-state index contributed by atoms with van der Waals surface area (Å²) in [6, 6.07) is 19.7. The Morgan fingerprint density at radius 2 is 1.67 bits per heavy atom. The Bertz CT molecular complexity index is 2550. The van der Waals surface area contributed by atoms with Crippen LogP contribution >= 0.6 is 11.3 Å². The summed E-state index contributed by atoms with van der Waals surface area (Å²) >= 11 is 1.57. The quantitative estimate of drug-likeness (QED) is 0.0215. The van der Waals surface area contributed by atoms with Gasteiger partial charge in [0.1, 0.15) is 24.4 Å². The number of carbonyl (C=O) groups is 5. The lowest BCUT2D eigenvalue weighted by atomic mass is 9.85. The molecule has 3 heterocycles. The number of nitrogens with one attached hydrogen (secondary N) is 4. The van der Waals surface area contributed by atoms with Crippen LogP contribution in [-0.4, -0.2) is 121 Å². The minimum absolute atomic E-state index is 0.00203. The molecule has 2 aromatic heterocycles. The molecule has 1 fully saturated rings. The SMILES string of the molecule is CCCCN(Cc1ccc(C(=O)NO)cc1)C(=O)Nc1ccc(OCCOCCn2cc(CCCCC(=O)N[C@H](C(=O)N3C[C@H](O)C[C@H]3C(=O)NCc3ccc(-c4scnc4C)cc3)C(C)(C)C)nn2)cc1. The van der Waals surface area contributed by atoms with E-state index in [-0.39, 0.29) is 43.8 Å². The zero-order valence-corrected chi connectivity index (χ0v) is 42.6. The Kier molecular flexibility index (Phi) is 20.2. The number of aromatic nitrogens is 4. The molecule has 1 aliphatic heterocycles. The van der Waals surface area contributed by atoms with Gasteiger partial charge in [-0.2, -0.15) is 0 Å². The van der Waals surface area contributed by atoms with Crippen molar-refractivity contribution in [3.8, 4) is 16.2 Å². The van der Waals surface area contributed by atoms with Gasteiger partial charge in [0.05, 0.1) is 47.6 Å². The summed E-state index contributed by atoms with van der Waals surface area (Å²) in [7, 11) is 0. The zero-order valence-electron chi connectivity index (χ0n) is 41.8. The van der Waals surface area contributed by atoms with Crippen molar-refractivity contribution in [2.45, 2.75) is 117 Å². The number of nitrogens with zero attached hydrogens (tertiary/aromatic N) is 6. The van der Waals surface area contributed by atoms with Gasteiger partial charge >= 0.3 is 6.03 Å². The fourth-order valence-corrected chi connectivity index (χ4v) is 8.94. The van der Waals surface area contributed by atoms with E-state index in [9.17, 15) is 29.1 Å². The second-order valence-corrected chi connectivity index (χ2v) is 19.8. The number of unbranched alkanes of at least 4 members (excludes halogenated alkanes) is 2. The van der Waals surface area contributed by atoms with Crippen molar-refractivity contribution in [2.24, 2.45) is 5.41 Å². The first-order valence-electron chi connectivity index (χ1n) is 24.5. The first-order valence-corrected chi connectivity index (χ1v) is 25.3. The molecule has 6 N–H and O–H groups in total. The van der Waals surface area contributed by atoms with E-state index in [1.165, 1.54) is 4.90 Å². The van der Waals surface area contributed by atoms with Crippen molar-refractivity contribution in [2.75, 3.05) is 38.2 Å².